The van der Waals surface area contributed by atoms with Crippen LogP contribution in [0.15, 0.2) is 46.9 Å². The van der Waals surface area contributed by atoms with Crippen LogP contribution in [0.25, 0.3) is 0 Å². The third-order valence-electron chi connectivity index (χ3n) is 5.93. The highest BCUT2D eigenvalue weighted by molar-refractivity contribution is 9.10. The molecule has 0 fully saturated rings. The van der Waals surface area contributed by atoms with Gasteiger partial charge in [-0.15, -0.1) is 0 Å². The first kappa shape index (κ1) is 27.9. The number of amides is 2. The molecule has 0 aliphatic carbocycles. The van der Waals surface area contributed by atoms with Crippen LogP contribution < -0.4 is 9.62 Å². The quantitative estimate of drug-likeness (QED) is 0.480. The Labute approximate surface area is 211 Å². The van der Waals surface area contributed by atoms with Crippen LogP contribution in [0.1, 0.15) is 43.9 Å². The fraction of sp³-hybridized carbons (Fsp3) is 0.440. The van der Waals surface area contributed by atoms with Crippen molar-refractivity contribution in [2.45, 2.75) is 59.7 Å². The van der Waals surface area contributed by atoms with Crippen molar-refractivity contribution >= 4 is 43.5 Å². The Bertz CT molecular complexity index is 1140. The average molecular weight is 553 g/mol. The summed E-state index contributed by atoms with van der Waals surface area (Å²) < 4.78 is 27.4. The number of carbonyl (C=O) groups is 2. The standard InChI is InChI=1S/C25H34BrN3O4S/c1-7-18(3)27-25(31)20(5)28(15-21-11-9-12-22(26)14-21)24(30)16-29(34(6,32)33)23-13-8-10-17(2)19(23)4/h8-14,18,20H,7,15-16H2,1-6H3,(H,27,31)/t18-,20+/m1/s1. The first-order valence-electron chi connectivity index (χ1n) is 11.2. The van der Waals surface area contributed by atoms with Gasteiger partial charge in [0.05, 0.1) is 11.9 Å². The number of benzene rings is 2. The topological polar surface area (TPSA) is 86.8 Å². The fourth-order valence-electron chi connectivity index (χ4n) is 3.48. The minimum absolute atomic E-state index is 0.0415. The Kier molecular flexibility index (Phi) is 9.70. The molecule has 0 saturated heterocycles. The molecule has 2 aromatic rings. The minimum Gasteiger partial charge on any atom is -0.352 e. The van der Waals surface area contributed by atoms with E-state index in [1.807, 2.05) is 58.0 Å². The number of rotatable bonds is 10. The molecular formula is C25H34BrN3O4S. The number of anilines is 1. The van der Waals surface area contributed by atoms with Gasteiger partial charge in [-0.1, -0.05) is 47.1 Å². The molecule has 2 aromatic carbocycles. The van der Waals surface area contributed by atoms with Crippen molar-refractivity contribution in [3.63, 3.8) is 0 Å². The Hall–Kier alpha value is -2.39. The lowest BCUT2D eigenvalue weighted by Crippen LogP contribution is -2.52. The van der Waals surface area contributed by atoms with Gasteiger partial charge >= 0.3 is 0 Å². The van der Waals surface area contributed by atoms with Crippen LogP contribution >= 0.6 is 15.9 Å². The van der Waals surface area contributed by atoms with Crippen molar-refractivity contribution in [2.75, 3.05) is 17.1 Å². The third-order valence-corrected chi connectivity index (χ3v) is 7.55. The van der Waals surface area contributed by atoms with Crippen LogP contribution in [-0.4, -0.2) is 50.0 Å². The Morgan fingerprint density at radius 2 is 1.74 bits per heavy atom. The zero-order valence-corrected chi connectivity index (χ0v) is 23.0. The van der Waals surface area contributed by atoms with E-state index >= 15 is 0 Å². The van der Waals surface area contributed by atoms with Gasteiger partial charge in [-0.25, -0.2) is 8.42 Å². The summed E-state index contributed by atoms with van der Waals surface area (Å²) in [6, 6.07) is 12.0. The van der Waals surface area contributed by atoms with E-state index in [0.29, 0.717) is 5.69 Å². The maximum atomic E-state index is 13.6. The van der Waals surface area contributed by atoms with Crippen LogP contribution in [-0.2, 0) is 26.2 Å². The molecule has 0 unspecified atom stereocenters. The Morgan fingerprint density at radius 1 is 1.09 bits per heavy atom. The summed E-state index contributed by atoms with van der Waals surface area (Å²) in [4.78, 5) is 27.9. The predicted octanol–water partition coefficient (Wildman–Crippen LogP) is 4.16. The van der Waals surface area contributed by atoms with Gasteiger partial charge in [-0.3, -0.25) is 13.9 Å². The first-order chi connectivity index (χ1) is 15.8. The second-order valence-electron chi connectivity index (χ2n) is 8.63. The molecule has 0 heterocycles. The van der Waals surface area contributed by atoms with Gasteiger partial charge in [0.15, 0.2) is 0 Å². The second kappa shape index (κ2) is 11.8. The maximum Gasteiger partial charge on any atom is 0.244 e. The zero-order chi connectivity index (χ0) is 25.6. The largest absolute Gasteiger partial charge is 0.352 e. The second-order valence-corrected chi connectivity index (χ2v) is 11.5. The maximum absolute atomic E-state index is 13.6. The summed E-state index contributed by atoms with van der Waals surface area (Å²) in [6.45, 7) is 9.01. The third kappa shape index (κ3) is 7.30. The molecule has 0 aromatic heterocycles. The molecule has 7 nitrogen and oxygen atoms in total. The zero-order valence-electron chi connectivity index (χ0n) is 20.6. The number of hydrogen-bond donors (Lipinski definition) is 1. The van der Waals surface area contributed by atoms with E-state index < -0.39 is 28.5 Å². The molecule has 2 amide bonds. The molecule has 1 N–H and O–H groups in total. The van der Waals surface area contributed by atoms with Crippen molar-refractivity contribution in [3.8, 4) is 0 Å². The predicted molar refractivity (Wildman–Crippen MR) is 140 cm³/mol. The Morgan fingerprint density at radius 3 is 2.32 bits per heavy atom. The average Bonchev–Trinajstić information content (AvgIpc) is 2.76. The summed E-state index contributed by atoms with van der Waals surface area (Å²) in [6.07, 6.45) is 1.84. The first-order valence-corrected chi connectivity index (χ1v) is 13.9. The van der Waals surface area contributed by atoms with Crippen molar-refractivity contribution in [1.82, 2.24) is 10.2 Å². The van der Waals surface area contributed by atoms with Crippen molar-refractivity contribution < 1.29 is 18.0 Å². The van der Waals surface area contributed by atoms with Gasteiger partial charge in [0, 0.05) is 17.1 Å². The van der Waals surface area contributed by atoms with E-state index in [4.69, 9.17) is 0 Å². The SMILES string of the molecule is CC[C@@H](C)NC(=O)[C@H](C)N(Cc1cccc(Br)c1)C(=O)CN(c1cccc(C)c1C)S(C)(=O)=O. The summed E-state index contributed by atoms with van der Waals surface area (Å²) in [7, 11) is -3.76. The lowest BCUT2D eigenvalue weighted by atomic mass is 10.1. The van der Waals surface area contributed by atoms with Gasteiger partial charge in [-0.05, 0) is 69.0 Å². The van der Waals surface area contributed by atoms with Gasteiger partial charge < -0.3 is 10.2 Å². The van der Waals surface area contributed by atoms with Crippen LogP contribution in [0.4, 0.5) is 5.69 Å². The molecule has 0 saturated carbocycles. The van der Waals surface area contributed by atoms with Crippen LogP contribution in [0.5, 0.6) is 0 Å². The molecule has 0 aliphatic heterocycles. The summed E-state index contributed by atoms with van der Waals surface area (Å²) in [5.74, 6) is -0.742. The number of nitrogens with one attached hydrogen (secondary N) is 1. The number of nitrogens with zero attached hydrogens (tertiary/aromatic N) is 2. The lowest BCUT2D eigenvalue weighted by molar-refractivity contribution is -0.139. The van der Waals surface area contributed by atoms with Gasteiger partial charge in [0.1, 0.15) is 12.6 Å². The van der Waals surface area contributed by atoms with Crippen LogP contribution in [0.2, 0.25) is 0 Å². The molecule has 2 rings (SSSR count). The van der Waals surface area contributed by atoms with Gasteiger partial charge in [-0.2, -0.15) is 0 Å². The van der Waals surface area contributed by atoms with E-state index in [9.17, 15) is 18.0 Å². The smallest absolute Gasteiger partial charge is 0.244 e. The van der Waals surface area contributed by atoms with Crippen molar-refractivity contribution in [2.24, 2.45) is 0 Å². The number of sulfonamides is 1. The monoisotopic (exact) mass is 551 g/mol. The van der Waals surface area contributed by atoms with Crippen LogP contribution in [0.3, 0.4) is 0 Å². The number of aryl methyl sites for hydroxylation is 1. The molecule has 186 valence electrons. The summed E-state index contributed by atoms with van der Waals surface area (Å²) >= 11 is 3.44. The van der Waals surface area contributed by atoms with Crippen molar-refractivity contribution in [1.29, 1.82) is 0 Å². The molecular weight excluding hydrogens is 518 g/mol. The molecule has 0 radical (unpaired) electrons. The molecule has 2 atom stereocenters. The normalized spacial score (nSPS) is 13.1. The molecule has 9 heteroatoms. The lowest BCUT2D eigenvalue weighted by Gasteiger charge is -2.32. The van der Waals surface area contributed by atoms with E-state index in [2.05, 4.69) is 21.2 Å². The number of carbonyl (C=O) groups excluding carboxylic acids is 2. The van der Waals surface area contributed by atoms with Crippen LogP contribution in [0, 0.1) is 13.8 Å². The van der Waals surface area contributed by atoms with Gasteiger partial charge in [0.2, 0.25) is 21.8 Å². The van der Waals surface area contributed by atoms with E-state index in [1.54, 1.807) is 19.1 Å². The minimum atomic E-state index is -3.76. The highest BCUT2D eigenvalue weighted by Crippen LogP contribution is 2.25. The molecule has 0 aliphatic rings. The number of halogens is 1. The fourth-order valence-corrected chi connectivity index (χ4v) is 4.83. The molecule has 0 bridgehead atoms. The van der Waals surface area contributed by atoms with Crippen molar-refractivity contribution in [3.05, 3.63) is 63.6 Å². The highest BCUT2D eigenvalue weighted by atomic mass is 79.9. The van der Waals surface area contributed by atoms with E-state index in [-0.39, 0.29) is 18.5 Å². The van der Waals surface area contributed by atoms with Gasteiger partial charge in [0.25, 0.3) is 0 Å². The summed E-state index contributed by atoms with van der Waals surface area (Å²) in [5, 5.41) is 2.92. The van der Waals surface area contributed by atoms with E-state index in [1.165, 1.54) is 4.90 Å². The Balaban J connectivity index is 2.43. The summed E-state index contributed by atoms with van der Waals surface area (Å²) in [5.41, 5.74) is 2.98. The molecule has 34 heavy (non-hydrogen) atoms. The number of hydrogen-bond acceptors (Lipinski definition) is 4. The highest BCUT2D eigenvalue weighted by Gasteiger charge is 2.31. The van der Waals surface area contributed by atoms with E-state index in [0.717, 1.165) is 38.1 Å². The molecule has 0 spiro atoms.